The molecular formula is C26H38N2O3. The summed E-state index contributed by atoms with van der Waals surface area (Å²) in [5.74, 6) is 2.20. The molecule has 1 amide bonds. The summed E-state index contributed by atoms with van der Waals surface area (Å²) < 4.78 is 12.7. The lowest BCUT2D eigenvalue weighted by molar-refractivity contribution is 0.0107. The SMILES string of the molecule is CCCCCc1cc(OC(=O)N2CCNCC2)c2c(c1)OC(C)(C)[C@@H]1CCC(C)=CC21. The Hall–Kier alpha value is -2.01. The molecule has 1 N–H and O–H groups in total. The minimum absolute atomic E-state index is 0.225. The van der Waals surface area contributed by atoms with Crippen LogP contribution in [0.4, 0.5) is 4.79 Å². The summed E-state index contributed by atoms with van der Waals surface area (Å²) in [4.78, 5) is 14.8. The molecule has 0 aromatic heterocycles. The van der Waals surface area contributed by atoms with Crippen molar-refractivity contribution in [1.82, 2.24) is 10.2 Å². The molecule has 0 radical (unpaired) electrons. The molecule has 170 valence electrons. The van der Waals surface area contributed by atoms with Gasteiger partial charge < -0.3 is 19.7 Å². The van der Waals surface area contributed by atoms with Crippen LogP contribution in [0.15, 0.2) is 23.8 Å². The van der Waals surface area contributed by atoms with Crippen molar-refractivity contribution in [2.75, 3.05) is 26.2 Å². The zero-order valence-corrected chi connectivity index (χ0v) is 19.6. The summed E-state index contributed by atoms with van der Waals surface area (Å²) in [6.45, 7) is 11.8. The van der Waals surface area contributed by atoms with Crippen molar-refractivity contribution in [2.24, 2.45) is 5.92 Å². The van der Waals surface area contributed by atoms with Crippen LogP contribution in [0.5, 0.6) is 11.5 Å². The lowest BCUT2D eigenvalue weighted by atomic mass is 9.68. The molecule has 1 aliphatic carbocycles. The van der Waals surface area contributed by atoms with Gasteiger partial charge in [0.05, 0.1) is 0 Å². The van der Waals surface area contributed by atoms with E-state index in [1.54, 1.807) is 4.90 Å². The van der Waals surface area contributed by atoms with Gasteiger partial charge in [0.15, 0.2) is 0 Å². The molecule has 2 heterocycles. The average Bonchev–Trinajstić information content (AvgIpc) is 2.73. The summed E-state index contributed by atoms with van der Waals surface area (Å²) in [6, 6.07) is 4.30. The Kier molecular flexibility index (Phi) is 6.61. The average molecular weight is 427 g/mol. The number of carbonyl (C=O) groups is 1. The molecular weight excluding hydrogens is 388 g/mol. The zero-order valence-electron chi connectivity index (χ0n) is 19.6. The number of fused-ring (bicyclic) bond motifs is 3. The first kappa shape index (κ1) is 22.2. The van der Waals surface area contributed by atoms with E-state index in [2.05, 4.69) is 51.2 Å². The molecule has 1 saturated heterocycles. The highest BCUT2D eigenvalue weighted by atomic mass is 16.6. The van der Waals surface area contributed by atoms with E-state index in [4.69, 9.17) is 9.47 Å². The summed E-state index contributed by atoms with van der Waals surface area (Å²) >= 11 is 0. The lowest BCUT2D eigenvalue weighted by Crippen LogP contribution is -2.48. The van der Waals surface area contributed by atoms with E-state index in [1.807, 2.05) is 0 Å². The molecule has 0 saturated carbocycles. The van der Waals surface area contributed by atoms with Crippen LogP contribution >= 0.6 is 0 Å². The number of benzene rings is 1. The number of rotatable bonds is 5. The minimum atomic E-state index is -0.243. The van der Waals surface area contributed by atoms with Crippen LogP contribution in [0, 0.1) is 5.92 Å². The fourth-order valence-electron chi connectivity index (χ4n) is 5.37. The van der Waals surface area contributed by atoms with Gasteiger partial charge in [-0.3, -0.25) is 0 Å². The van der Waals surface area contributed by atoms with Crippen LogP contribution < -0.4 is 14.8 Å². The van der Waals surface area contributed by atoms with Gasteiger partial charge in [-0.2, -0.15) is 0 Å². The topological polar surface area (TPSA) is 50.8 Å². The fraction of sp³-hybridized carbons (Fsp3) is 0.654. The third-order valence-electron chi connectivity index (χ3n) is 7.15. The number of nitrogens with zero attached hydrogens (tertiary/aromatic N) is 1. The Morgan fingerprint density at radius 3 is 2.77 bits per heavy atom. The van der Waals surface area contributed by atoms with Crippen LogP contribution in [0.2, 0.25) is 0 Å². The molecule has 31 heavy (non-hydrogen) atoms. The standard InChI is InChI=1S/C26H38N2O3/c1-5-6-7-8-19-16-22(30-25(29)28-13-11-27-12-14-28)24-20-15-18(2)9-10-21(20)26(3,4)31-23(24)17-19/h15-17,20-21,27H,5-14H2,1-4H3/t20?,21-/m1/s1. The smallest absolute Gasteiger partial charge is 0.415 e. The van der Waals surface area contributed by atoms with E-state index in [0.29, 0.717) is 24.8 Å². The van der Waals surface area contributed by atoms with Crippen molar-refractivity contribution < 1.29 is 14.3 Å². The van der Waals surface area contributed by atoms with E-state index < -0.39 is 0 Å². The van der Waals surface area contributed by atoms with E-state index in [9.17, 15) is 4.79 Å². The van der Waals surface area contributed by atoms with Crippen molar-refractivity contribution in [2.45, 2.75) is 77.7 Å². The Labute approximate surface area is 187 Å². The first-order chi connectivity index (χ1) is 14.9. The number of hydrogen-bond acceptors (Lipinski definition) is 4. The summed E-state index contributed by atoms with van der Waals surface area (Å²) in [7, 11) is 0. The minimum Gasteiger partial charge on any atom is -0.487 e. The van der Waals surface area contributed by atoms with E-state index in [1.165, 1.54) is 24.0 Å². The van der Waals surface area contributed by atoms with Crippen molar-refractivity contribution in [3.05, 3.63) is 34.9 Å². The van der Waals surface area contributed by atoms with Gasteiger partial charge in [0.1, 0.15) is 17.1 Å². The van der Waals surface area contributed by atoms with Gasteiger partial charge in [-0.25, -0.2) is 4.79 Å². The molecule has 1 aromatic carbocycles. The predicted molar refractivity (Wildman–Crippen MR) is 124 cm³/mol. The quantitative estimate of drug-likeness (QED) is 0.503. The highest BCUT2D eigenvalue weighted by Crippen LogP contribution is 2.53. The van der Waals surface area contributed by atoms with Gasteiger partial charge in [0.25, 0.3) is 0 Å². The van der Waals surface area contributed by atoms with E-state index in [0.717, 1.165) is 50.1 Å². The Morgan fingerprint density at radius 1 is 1.26 bits per heavy atom. The number of hydrogen-bond donors (Lipinski definition) is 1. The van der Waals surface area contributed by atoms with Crippen LogP contribution in [0.25, 0.3) is 0 Å². The van der Waals surface area contributed by atoms with Gasteiger partial charge in [-0.05, 0) is 64.2 Å². The van der Waals surface area contributed by atoms with Gasteiger partial charge in [-0.1, -0.05) is 31.4 Å². The van der Waals surface area contributed by atoms with Crippen molar-refractivity contribution in [1.29, 1.82) is 0 Å². The van der Waals surface area contributed by atoms with Crippen LogP contribution in [-0.4, -0.2) is 42.8 Å². The number of piperazine rings is 1. The lowest BCUT2D eigenvalue weighted by Gasteiger charge is -2.46. The number of allylic oxidation sites excluding steroid dienone is 2. The molecule has 1 aromatic rings. The highest BCUT2D eigenvalue weighted by Gasteiger charge is 2.45. The van der Waals surface area contributed by atoms with Crippen LogP contribution in [0.3, 0.4) is 0 Å². The number of aryl methyl sites for hydroxylation is 1. The van der Waals surface area contributed by atoms with E-state index in [-0.39, 0.29) is 17.6 Å². The fourth-order valence-corrected chi connectivity index (χ4v) is 5.37. The second-order valence-corrected chi connectivity index (χ2v) is 9.96. The molecule has 2 aliphatic heterocycles. The van der Waals surface area contributed by atoms with Crippen LogP contribution in [-0.2, 0) is 6.42 Å². The molecule has 1 fully saturated rings. The summed E-state index contributed by atoms with van der Waals surface area (Å²) in [6.07, 6.45) is 8.85. The third kappa shape index (κ3) is 4.77. The van der Waals surface area contributed by atoms with E-state index >= 15 is 0 Å². The maximum Gasteiger partial charge on any atom is 0.415 e. The molecule has 5 heteroatoms. The van der Waals surface area contributed by atoms with Gasteiger partial charge in [-0.15, -0.1) is 0 Å². The monoisotopic (exact) mass is 426 g/mol. The van der Waals surface area contributed by atoms with Crippen molar-refractivity contribution in [3.8, 4) is 11.5 Å². The van der Waals surface area contributed by atoms with Crippen molar-refractivity contribution >= 4 is 6.09 Å². The molecule has 0 spiro atoms. The normalized spacial score (nSPS) is 24.5. The number of nitrogens with one attached hydrogen (secondary N) is 1. The highest BCUT2D eigenvalue weighted by molar-refractivity contribution is 5.72. The molecule has 4 rings (SSSR count). The Balaban J connectivity index is 1.72. The maximum atomic E-state index is 13.0. The number of carbonyl (C=O) groups excluding carboxylic acids is 1. The Morgan fingerprint density at radius 2 is 2.03 bits per heavy atom. The predicted octanol–water partition coefficient (Wildman–Crippen LogP) is 5.43. The number of ether oxygens (including phenoxy) is 2. The molecule has 2 atom stereocenters. The largest absolute Gasteiger partial charge is 0.487 e. The maximum absolute atomic E-state index is 13.0. The van der Waals surface area contributed by atoms with Crippen molar-refractivity contribution in [3.63, 3.8) is 0 Å². The number of amides is 1. The number of unbranched alkanes of at least 4 members (excludes halogenated alkanes) is 2. The van der Waals surface area contributed by atoms with Gasteiger partial charge in [0, 0.05) is 43.6 Å². The van der Waals surface area contributed by atoms with Gasteiger partial charge in [0.2, 0.25) is 0 Å². The molecule has 0 bridgehead atoms. The molecule has 3 aliphatic rings. The summed E-state index contributed by atoms with van der Waals surface area (Å²) in [5, 5.41) is 3.30. The first-order valence-electron chi connectivity index (χ1n) is 12.1. The van der Waals surface area contributed by atoms with Gasteiger partial charge >= 0.3 is 6.09 Å². The molecule has 5 nitrogen and oxygen atoms in total. The summed E-state index contributed by atoms with van der Waals surface area (Å²) in [5.41, 5.74) is 3.43. The zero-order chi connectivity index (χ0) is 22.0. The third-order valence-corrected chi connectivity index (χ3v) is 7.15. The second-order valence-electron chi connectivity index (χ2n) is 9.96. The second kappa shape index (κ2) is 9.23. The first-order valence-corrected chi connectivity index (χ1v) is 12.1. The van der Waals surface area contributed by atoms with Crippen LogP contribution in [0.1, 0.15) is 76.8 Å². The Bertz CT molecular complexity index is 839. The molecule has 1 unspecified atom stereocenters.